The van der Waals surface area contributed by atoms with Gasteiger partial charge in [-0.25, -0.2) is 40.3 Å². The Morgan fingerprint density at radius 3 is 2.38 bits per heavy atom. The maximum absolute atomic E-state index is 15.5. The van der Waals surface area contributed by atoms with E-state index in [2.05, 4.69) is 25.2 Å². The molecule has 3 aromatic carbocycles. The van der Waals surface area contributed by atoms with Gasteiger partial charge in [0.15, 0.2) is 11.5 Å². The molecule has 0 bridgehead atoms. The molecule has 0 radical (unpaired) electrons. The fourth-order valence-electron chi connectivity index (χ4n) is 8.28. The zero-order chi connectivity index (χ0) is 45.0. The average molecular weight is 935 g/mol. The summed E-state index contributed by atoms with van der Waals surface area (Å²) in [6, 6.07) is 10.1. The van der Waals surface area contributed by atoms with Crippen LogP contribution in [0.25, 0.3) is 38.9 Å². The van der Waals surface area contributed by atoms with E-state index in [1.54, 1.807) is 0 Å². The number of rotatable bonds is 11. The van der Waals surface area contributed by atoms with Crippen LogP contribution < -0.4 is 15.6 Å². The quantitative estimate of drug-likeness (QED) is 0.124. The molecule has 2 aliphatic carbocycles. The fraction of sp³-hybridized carbons (Fsp3) is 0.250. The lowest BCUT2D eigenvalue weighted by atomic mass is 10.0. The minimum absolute atomic E-state index is 0.00920. The van der Waals surface area contributed by atoms with E-state index in [9.17, 15) is 40.0 Å². The van der Waals surface area contributed by atoms with Crippen molar-refractivity contribution in [3.05, 3.63) is 127 Å². The number of benzene rings is 3. The van der Waals surface area contributed by atoms with E-state index in [0.29, 0.717) is 16.3 Å². The fourth-order valence-corrected chi connectivity index (χ4v) is 9.19. The molecule has 4 aromatic heterocycles. The van der Waals surface area contributed by atoms with Crippen molar-refractivity contribution in [1.29, 1.82) is 0 Å². The number of nitrogens with zero attached hydrogens (tertiary/aromatic N) is 7. The summed E-state index contributed by atoms with van der Waals surface area (Å²) < 4.78 is 133. The Kier molecular flexibility index (Phi) is 10.1. The van der Waals surface area contributed by atoms with E-state index in [-0.39, 0.29) is 72.6 Å². The molecule has 9 rings (SSSR count). The second-order valence-corrected chi connectivity index (χ2v) is 17.8. The molecule has 23 heteroatoms. The number of pyridine rings is 1. The van der Waals surface area contributed by atoms with Crippen molar-refractivity contribution < 1.29 is 43.9 Å². The first-order valence-electron chi connectivity index (χ1n) is 18.7. The second-order valence-electron chi connectivity index (χ2n) is 15.2. The van der Waals surface area contributed by atoms with Crippen LogP contribution in [0.3, 0.4) is 0 Å². The molecule has 1 amide bonds. The van der Waals surface area contributed by atoms with Gasteiger partial charge in [0, 0.05) is 36.6 Å². The largest absolute Gasteiger partial charge is 0.344 e. The van der Waals surface area contributed by atoms with E-state index in [1.807, 2.05) is 0 Å². The number of aromatic nitrogens is 7. The molecule has 0 saturated heterocycles. The van der Waals surface area contributed by atoms with Crippen molar-refractivity contribution in [2.45, 2.75) is 43.7 Å². The number of alkyl halides is 4. The normalized spacial score (nSPS) is 17.0. The van der Waals surface area contributed by atoms with Gasteiger partial charge in [-0.3, -0.25) is 28.2 Å². The summed E-state index contributed by atoms with van der Waals surface area (Å²) in [6.45, 7) is -1.03. The monoisotopic (exact) mass is 933 g/mol. The standard InChI is InChI=1S/C40H28Cl2F7N9O4S/c1-56-33-28(8-5-23(41)31(33)37(54-56)55-63(2,61)62)58-38(52-36-20(39(58)60)4-7-26(51-36)17-3-6-25(45)24(42)12-17)27(11-16-9-18(43)13-19(44)10-16)50-29(59)15-57-34-30(32(53-57)35(46)47)21-14-22(21)40(34,48)49/h3-10,12-13,21-22,27,35H,11,14-15H2,1-2H3,(H,50,59)(H,54,55)/t21?,22?,27-/m0/s1. The van der Waals surface area contributed by atoms with E-state index in [4.69, 9.17) is 28.2 Å². The average Bonchev–Trinajstić information content (AvgIpc) is 3.73. The number of carbonyl (C=O) groups is 1. The highest BCUT2D eigenvalue weighted by Gasteiger charge is 2.67. The van der Waals surface area contributed by atoms with Crippen LogP contribution in [-0.2, 0) is 40.8 Å². The number of aryl methyl sites for hydroxylation is 1. The van der Waals surface area contributed by atoms with Gasteiger partial charge in [-0.2, -0.15) is 19.0 Å². The number of sulfonamides is 1. The second kappa shape index (κ2) is 15.0. The summed E-state index contributed by atoms with van der Waals surface area (Å²) in [6.07, 6.45) is -2.92. The van der Waals surface area contributed by atoms with E-state index < -0.39 is 93.5 Å². The zero-order valence-electron chi connectivity index (χ0n) is 32.3. The molecule has 1 fully saturated rings. The number of hydrogen-bond donors (Lipinski definition) is 2. The van der Waals surface area contributed by atoms with Crippen LogP contribution in [-0.4, -0.2) is 54.7 Å². The summed E-state index contributed by atoms with van der Waals surface area (Å²) in [5.74, 6) is -10.1. The minimum atomic E-state index is -3.94. The van der Waals surface area contributed by atoms with Gasteiger partial charge in [0.25, 0.3) is 17.9 Å². The Bertz CT molecular complexity index is 3250. The van der Waals surface area contributed by atoms with Crippen LogP contribution in [0.4, 0.5) is 36.6 Å². The SMILES string of the molecule is Cn1nc(NS(C)(=O)=O)c2c(Cl)ccc(-n3c([C@H](Cc4cc(F)cc(F)c4)NC(=O)Cn4nc(C(F)F)c5c4C(F)(F)C4CC54)nc4nc(-c5ccc(F)c(Cl)c5)ccc4c3=O)c21. The topological polar surface area (TPSA) is 159 Å². The molecule has 4 heterocycles. The highest BCUT2D eigenvalue weighted by molar-refractivity contribution is 7.92. The summed E-state index contributed by atoms with van der Waals surface area (Å²) in [4.78, 5) is 38.3. The van der Waals surface area contributed by atoms with Crippen molar-refractivity contribution in [1.82, 2.24) is 39.4 Å². The van der Waals surface area contributed by atoms with Gasteiger partial charge in [-0.15, -0.1) is 0 Å². The lowest BCUT2D eigenvalue weighted by Gasteiger charge is -2.24. The number of nitrogens with one attached hydrogen (secondary N) is 2. The van der Waals surface area contributed by atoms with Gasteiger partial charge in [-0.1, -0.05) is 23.2 Å². The van der Waals surface area contributed by atoms with Gasteiger partial charge >= 0.3 is 0 Å². The third kappa shape index (κ3) is 7.44. The van der Waals surface area contributed by atoms with Crippen LogP contribution in [0, 0.1) is 23.4 Å². The first-order chi connectivity index (χ1) is 29.7. The van der Waals surface area contributed by atoms with Gasteiger partial charge in [0.1, 0.15) is 41.2 Å². The number of hydrogen-bond acceptors (Lipinski definition) is 8. The van der Waals surface area contributed by atoms with Gasteiger partial charge in [0.05, 0.1) is 50.0 Å². The highest BCUT2D eigenvalue weighted by Crippen LogP contribution is 2.68. The molecule has 0 spiro atoms. The third-order valence-corrected chi connectivity index (χ3v) is 12.1. The predicted octanol–water partition coefficient (Wildman–Crippen LogP) is 7.87. The van der Waals surface area contributed by atoms with Crippen molar-refractivity contribution in [2.24, 2.45) is 13.0 Å². The molecule has 3 atom stereocenters. The smallest absolute Gasteiger partial charge is 0.293 e. The van der Waals surface area contributed by atoms with Crippen LogP contribution >= 0.6 is 23.2 Å². The van der Waals surface area contributed by atoms with Gasteiger partial charge < -0.3 is 5.32 Å². The van der Waals surface area contributed by atoms with Crippen molar-refractivity contribution in [2.75, 3.05) is 11.0 Å². The molecule has 0 aliphatic heterocycles. The summed E-state index contributed by atoms with van der Waals surface area (Å²) >= 11 is 12.6. The number of halogens is 9. The summed E-state index contributed by atoms with van der Waals surface area (Å²) in [5.41, 5.74) is -2.76. The maximum atomic E-state index is 15.5. The van der Waals surface area contributed by atoms with Crippen LogP contribution in [0.2, 0.25) is 10.0 Å². The lowest BCUT2D eigenvalue weighted by Crippen LogP contribution is -2.38. The van der Waals surface area contributed by atoms with E-state index in [1.165, 1.54) is 48.1 Å². The van der Waals surface area contributed by atoms with Crippen LogP contribution in [0.5, 0.6) is 0 Å². The Labute approximate surface area is 360 Å². The third-order valence-electron chi connectivity index (χ3n) is 10.9. The van der Waals surface area contributed by atoms with Gasteiger partial charge in [-0.05, 0) is 72.5 Å². The molecular formula is C40H28Cl2F7N9O4S. The molecular weight excluding hydrogens is 906 g/mol. The predicted molar refractivity (Wildman–Crippen MR) is 216 cm³/mol. The van der Waals surface area contributed by atoms with E-state index >= 15 is 8.78 Å². The first-order valence-corrected chi connectivity index (χ1v) is 21.4. The zero-order valence-corrected chi connectivity index (χ0v) is 34.6. The lowest BCUT2D eigenvalue weighted by molar-refractivity contribution is -0.123. The van der Waals surface area contributed by atoms with Crippen molar-refractivity contribution >= 4 is 66.9 Å². The summed E-state index contributed by atoms with van der Waals surface area (Å²) in [7, 11) is -2.53. The Hall–Kier alpha value is -6.06. The van der Waals surface area contributed by atoms with Crippen LogP contribution in [0.1, 0.15) is 53.1 Å². The molecule has 1 saturated carbocycles. The number of carbonyl (C=O) groups excluding carboxylic acids is 1. The molecule has 13 nitrogen and oxygen atoms in total. The number of fused-ring (bicyclic) bond motifs is 5. The molecule has 63 heavy (non-hydrogen) atoms. The Morgan fingerprint density at radius 2 is 1.70 bits per heavy atom. The molecule has 2 aliphatic rings. The Balaban J connectivity index is 1.26. The van der Waals surface area contributed by atoms with Crippen LogP contribution in [0.15, 0.2) is 65.5 Å². The minimum Gasteiger partial charge on any atom is -0.344 e. The molecule has 2 N–H and O–H groups in total. The molecule has 7 aromatic rings. The molecule has 326 valence electrons. The summed E-state index contributed by atoms with van der Waals surface area (Å²) in [5, 5.41) is 10.2. The number of anilines is 1. The number of amides is 1. The molecule has 2 unspecified atom stereocenters. The van der Waals surface area contributed by atoms with Crippen molar-refractivity contribution in [3.63, 3.8) is 0 Å². The van der Waals surface area contributed by atoms with E-state index in [0.717, 1.165) is 29.0 Å². The van der Waals surface area contributed by atoms with Gasteiger partial charge in [0.2, 0.25) is 15.9 Å². The Morgan fingerprint density at radius 1 is 0.968 bits per heavy atom. The first kappa shape index (κ1) is 42.3. The maximum Gasteiger partial charge on any atom is 0.293 e. The van der Waals surface area contributed by atoms with Crippen molar-refractivity contribution in [3.8, 4) is 16.9 Å². The highest BCUT2D eigenvalue weighted by atomic mass is 35.5.